The van der Waals surface area contributed by atoms with E-state index in [9.17, 15) is 0 Å². The topological polar surface area (TPSA) is 35.8 Å². The molecule has 2 nitrogen and oxygen atoms in total. The van der Waals surface area contributed by atoms with E-state index in [0.29, 0.717) is 0 Å². The molecule has 0 saturated carbocycles. The number of rotatable bonds is 0. The molecule has 0 bridgehead atoms. The van der Waals surface area contributed by atoms with Crippen molar-refractivity contribution in [2.75, 3.05) is 11.1 Å². The molecular formula is C11H12N2S. The Morgan fingerprint density at radius 3 is 3.00 bits per heavy atom. The van der Waals surface area contributed by atoms with E-state index in [4.69, 9.17) is 5.26 Å². The maximum atomic E-state index is 8.85. The van der Waals surface area contributed by atoms with Gasteiger partial charge in [-0.25, -0.2) is 0 Å². The predicted octanol–water partition coefficient (Wildman–Crippen LogP) is 2.71. The Morgan fingerprint density at radius 1 is 1.50 bits per heavy atom. The molecule has 3 heteroatoms. The lowest BCUT2D eigenvalue weighted by atomic mass is 10.1. The number of benzene rings is 1. The molecule has 0 saturated heterocycles. The number of hydrogen-bond acceptors (Lipinski definition) is 3. The third-order valence-corrected chi connectivity index (χ3v) is 3.73. The number of hydrogen-bond donors (Lipinski definition) is 1. The second-order valence-corrected chi connectivity index (χ2v) is 4.58. The van der Waals surface area contributed by atoms with Crippen molar-refractivity contribution in [3.63, 3.8) is 0 Å². The molecule has 0 fully saturated rings. The molecule has 0 spiro atoms. The minimum atomic E-state index is -0.0481. The smallest absolute Gasteiger partial charge is 0.124 e. The summed E-state index contributed by atoms with van der Waals surface area (Å²) in [7, 11) is 0. The van der Waals surface area contributed by atoms with Crippen LogP contribution < -0.4 is 5.32 Å². The average molecular weight is 204 g/mol. The first-order valence-electron chi connectivity index (χ1n) is 4.61. The molecule has 1 aliphatic heterocycles. The normalized spacial score (nSPS) is 19.4. The monoisotopic (exact) mass is 204 g/mol. The van der Waals surface area contributed by atoms with Gasteiger partial charge in [-0.1, -0.05) is 6.07 Å². The minimum Gasteiger partial charge on any atom is -0.368 e. The van der Waals surface area contributed by atoms with Crippen molar-refractivity contribution in [2.45, 2.75) is 24.8 Å². The summed E-state index contributed by atoms with van der Waals surface area (Å²) in [5.74, 6) is 0.839. The Labute approximate surface area is 88.3 Å². The van der Waals surface area contributed by atoms with E-state index in [2.05, 4.69) is 37.4 Å². The van der Waals surface area contributed by atoms with Crippen molar-refractivity contribution in [3.8, 4) is 6.07 Å². The SMILES string of the molecule is Cc1ccc2c(c1C)NC(C#N)CS2. The fourth-order valence-electron chi connectivity index (χ4n) is 1.55. The molecule has 0 amide bonds. The van der Waals surface area contributed by atoms with Crippen LogP contribution in [0.1, 0.15) is 11.1 Å². The summed E-state index contributed by atoms with van der Waals surface area (Å²) < 4.78 is 0. The fraction of sp³-hybridized carbons (Fsp3) is 0.364. The third-order valence-electron chi connectivity index (χ3n) is 2.58. The van der Waals surface area contributed by atoms with Gasteiger partial charge in [0, 0.05) is 10.6 Å². The van der Waals surface area contributed by atoms with Gasteiger partial charge in [0.1, 0.15) is 6.04 Å². The number of aryl methyl sites for hydroxylation is 1. The lowest BCUT2D eigenvalue weighted by Gasteiger charge is -2.24. The Balaban J connectivity index is 2.45. The number of nitrogens with one attached hydrogen (secondary N) is 1. The highest BCUT2D eigenvalue weighted by Gasteiger charge is 2.19. The molecule has 14 heavy (non-hydrogen) atoms. The van der Waals surface area contributed by atoms with Crippen LogP contribution in [-0.2, 0) is 0 Å². The zero-order valence-corrected chi connectivity index (χ0v) is 9.11. The van der Waals surface area contributed by atoms with Crippen molar-refractivity contribution < 1.29 is 0 Å². The van der Waals surface area contributed by atoms with Gasteiger partial charge < -0.3 is 5.32 Å². The molecule has 1 heterocycles. The molecule has 1 N–H and O–H groups in total. The van der Waals surface area contributed by atoms with Crippen LogP contribution in [-0.4, -0.2) is 11.8 Å². The lowest BCUT2D eigenvalue weighted by molar-refractivity contribution is 0.988. The summed E-state index contributed by atoms with van der Waals surface area (Å²) >= 11 is 1.76. The lowest BCUT2D eigenvalue weighted by Crippen LogP contribution is -2.24. The molecule has 2 rings (SSSR count). The molecular weight excluding hydrogens is 192 g/mol. The molecule has 1 aliphatic rings. The highest BCUT2D eigenvalue weighted by Crippen LogP contribution is 2.36. The van der Waals surface area contributed by atoms with Crippen LogP contribution in [0.4, 0.5) is 5.69 Å². The molecule has 72 valence electrons. The Bertz CT molecular complexity index is 406. The summed E-state index contributed by atoms with van der Waals surface area (Å²) in [5, 5.41) is 12.1. The summed E-state index contributed by atoms with van der Waals surface area (Å²) in [6.07, 6.45) is 0. The van der Waals surface area contributed by atoms with Crippen molar-refractivity contribution in [2.24, 2.45) is 0 Å². The number of nitriles is 1. The molecule has 1 aromatic carbocycles. The first kappa shape index (κ1) is 9.42. The Hall–Kier alpha value is -1.14. The van der Waals surface area contributed by atoms with E-state index in [1.807, 2.05) is 0 Å². The maximum Gasteiger partial charge on any atom is 0.124 e. The minimum absolute atomic E-state index is 0.0481. The highest BCUT2D eigenvalue weighted by molar-refractivity contribution is 7.99. The quantitative estimate of drug-likeness (QED) is 0.705. The van der Waals surface area contributed by atoms with E-state index in [1.165, 1.54) is 16.0 Å². The number of nitrogens with zero attached hydrogens (tertiary/aromatic N) is 1. The van der Waals surface area contributed by atoms with Crippen LogP contribution in [0.3, 0.4) is 0 Å². The van der Waals surface area contributed by atoms with E-state index >= 15 is 0 Å². The first-order valence-corrected chi connectivity index (χ1v) is 5.60. The molecule has 0 aliphatic carbocycles. The van der Waals surface area contributed by atoms with E-state index in [0.717, 1.165) is 11.4 Å². The maximum absolute atomic E-state index is 8.85. The summed E-state index contributed by atoms with van der Waals surface area (Å²) in [6.45, 7) is 4.19. The Kier molecular flexibility index (Phi) is 2.39. The predicted molar refractivity (Wildman–Crippen MR) is 59.7 cm³/mol. The molecule has 0 aromatic heterocycles. The molecule has 1 aromatic rings. The van der Waals surface area contributed by atoms with E-state index in [-0.39, 0.29) is 6.04 Å². The van der Waals surface area contributed by atoms with Gasteiger partial charge in [-0.15, -0.1) is 11.8 Å². The fourth-order valence-corrected chi connectivity index (χ4v) is 2.57. The van der Waals surface area contributed by atoms with Gasteiger partial charge in [0.25, 0.3) is 0 Å². The number of fused-ring (bicyclic) bond motifs is 1. The molecule has 0 radical (unpaired) electrons. The Morgan fingerprint density at radius 2 is 2.29 bits per heavy atom. The standard InChI is InChI=1S/C11H12N2S/c1-7-3-4-10-11(8(7)2)13-9(5-12)6-14-10/h3-4,9,13H,6H2,1-2H3. The highest BCUT2D eigenvalue weighted by atomic mass is 32.2. The second-order valence-electron chi connectivity index (χ2n) is 3.52. The van der Waals surface area contributed by atoms with E-state index < -0.39 is 0 Å². The van der Waals surface area contributed by atoms with Crippen molar-refractivity contribution in [3.05, 3.63) is 23.3 Å². The van der Waals surface area contributed by atoms with Crippen molar-refractivity contribution >= 4 is 17.4 Å². The van der Waals surface area contributed by atoms with E-state index in [1.54, 1.807) is 11.8 Å². The van der Waals surface area contributed by atoms with Gasteiger partial charge in [0.05, 0.1) is 11.8 Å². The van der Waals surface area contributed by atoms with Crippen LogP contribution in [0.5, 0.6) is 0 Å². The van der Waals surface area contributed by atoms with Crippen molar-refractivity contribution in [1.29, 1.82) is 5.26 Å². The number of thioether (sulfide) groups is 1. The van der Waals surface area contributed by atoms with Gasteiger partial charge in [-0.2, -0.15) is 5.26 Å². The summed E-state index contributed by atoms with van der Waals surface area (Å²) in [4.78, 5) is 1.26. The van der Waals surface area contributed by atoms with Crippen LogP contribution in [0, 0.1) is 25.2 Å². The second kappa shape index (κ2) is 3.55. The summed E-state index contributed by atoms with van der Waals surface area (Å²) in [6, 6.07) is 6.47. The van der Waals surface area contributed by atoms with Crippen LogP contribution >= 0.6 is 11.8 Å². The average Bonchev–Trinajstić information content (AvgIpc) is 2.23. The third kappa shape index (κ3) is 1.46. The number of anilines is 1. The van der Waals surface area contributed by atoms with Gasteiger partial charge in [0.2, 0.25) is 0 Å². The van der Waals surface area contributed by atoms with Gasteiger partial charge in [-0.3, -0.25) is 0 Å². The zero-order valence-electron chi connectivity index (χ0n) is 8.29. The van der Waals surface area contributed by atoms with Crippen molar-refractivity contribution in [1.82, 2.24) is 0 Å². The van der Waals surface area contributed by atoms with Gasteiger partial charge in [-0.05, 0) is 31.0 Å². The van der Waals surface area contributed by atoms with Gasteiger partial charge >= 0.3 is 0 Å². The largest absolute Gasteiger partial charge is 0.368 e. The molecule has 1 unspecified atom stereocenters. The van der Waals surface area contributed by atoms with Crippen LogP contribution in [0.15, 0.2) is 17.0 Å². The van der Waals surface area contributed by atoms with Gasteiger partial charge in [0.15, 0.2) is 0 Å². The van der Waals surface area contributed by atoms with Crippen LogP contribution in [0.25, 0.3) is 0 Å². The molecule has 1 atom stereocenters. The van der Waals surface area contributed by atoms with Crippen LogP contribution in [0.2, 0.25) is 0 Å². The summed E-state index contributed by atoms with van der Waals surface area (Å²) in [5.41, 5.74) is 3.68. The first-order chi connectivity index (χ1) is 6.72. The zero-order chi connectivity index (χ0) is 10.1.